The molecule has 1 aromatic carbocycles. The van der Waals surface area contributed by atoms with Gasteiger partial charge in [-0.3, -0.25) is 9.69 Å². The highest BCUT2D eigenvalue weighted by atomic mass is 35.5. The maximum Gasteiger partial charge on any atom is 0.329 e. The van der Waals surface area contributed by atoms with Gasteiger partial charge in [-0.25, -0.2) is 4.79 Å². The summed E-state index contributed by atoms with van der Waals surface area (Å²) >= 11 is 5.86. The number of hydrogen-bond acceptors (Lipinski definition) is 3. The highest BCUT2D eigenvalue weighted by Crippen LogP contribution is 2.25. The summed E-state index contributed by atoms with van der Waals surface area (Å²) in [6, 6.07) is 10.4. The van der Waals surface area contributed by atoms with Crippen LogP contribution in [0.2, 0.25) is 5.02 Å². The summed E-state index contributed by atoms with van der Waals surface area (Å²) in [6.45, 7) is 2.31. The number of nitrogens with one attached hydrogen (secondary N) is 1. The molecule has 1 N–H and O–H groups in total. The van der Waals surface area contributed by atoms with Crippen molar-refractivity contribution in [2.24, 2.45) is 0 Å². The van der Waals surface area contributed by atoms with Crippen LogP contribution in [0.3, 0.4) is 0 Å². The molecule has 3 amide bonds. The van der Waals surface area contributed by atoms with Gasteiger partial charge < -0.3 is 9.73 Å². The minimum atomic E-state index is -0.396. The van der Waals surface area contributed by atoms with E-state index in [9.17, 15) is 9.59 Å². The molecule has 1 aliphatic rings. The van der Waals surface area contributed by atoms with Crippen molar-refractivity contribution in [1.82, 2.24) is 10.2 Å². The van der Waals surface area contributed by atoms with Crippen molar-refractivity contribution in [3.05, 3.63) is 52.9 Å². The molecular formula is C17H15ClN2O3. The van der Waals surface area contributed by atoms with Crippen LogP contribution in [0, 0.1) is 0 Å². The van der Waals surface area contributed by atoms with Crippen LogP contribution in [0.25, 0.3) is 17.4 Å². The van der Waals surface area contributed by atoms with E-state index >= 15 is 0 Å². The van der Waals surface area contributed by atoms with Crippen LogP contribution in [-0.2, 0) is 4.79 Å². The molecule has 2 aromatic rings. The minimum absolute atomic E-state index is 0.223. The maximum atomic E-state index is 12.1. The van der Waals surface area contributed by atoms with E-state index < -0.39 is 6.03 Å². The number of hydrogen-bond donors (Lipinski definition) is 1. The molecule has 1 aliphatic heterocycles. The Labute approximate surface area is 138 Å². The first-order valence-corrected chi connectivity index (χ1v) is 7.66. The van der Waals surface area contributed by atoms with Crippen LogP contribution in [-0.4, -0.2) is 23.4 Å². The third-order valence-corrected chi connectivity index (χ3v) is 3.70. The van der Waals surface area contributed by atoms with Gasteiger partial charge in [-0.15, -0.1) is 0 Å². The zero-order chi connectivity index (χ0) is 16.4. The standard InChI is InChI=1S/C17H15ClN2O3/c1-2-9-20-16(21)14(19-17(20)22)10-13-7-8-15(23-13)11-3-5-12(18)6-4-11/h3-8,10H,2,9H2,1H3,(H,19,22)/b14-10+. The highest BCUT2D eigenvalue weighted by molar-refractivity contribution is 6.30. The lowest BCUT2D eigenvalue weighted by Crippen LogP contribution is -2.31. The first-order chi connectivity index (χ1) is 11.1. The Bertz CT molecular complexity index is 777. The fourth-order valence-corrected chi connectivity index (χ4v) is 2.47. The number of furan rings is 1. The third-order valence-electron chi connectivity index (χ3n) is 3.45. The van der Waals surface area contributed by atoms with E-state index in [2.05, 4.69) is 5.32 Å². The molecule has 1 aromatic heterocycles. The number of rotatable bonds is 4. The molecule has 0 radical (unpaired) electrons. The van der Waals surface area contributed by atoms with E-state index in [1.54, 1.807) is 24.3 Å². The molecule has 6 heteroatoms. The van der Waals surface area contributed by atoms with Gasteiger partial charge in [0.05, 0.1) is 0 Å². The molecule has 0 unspecified atom stereocenters. The summed E-state index contributed by atoms with van der Waals surface area (Å²) in [5.41, 5.74) is 1.11. The SMILES string of the molecule is CCCN1C(=O)N/C(=C/c2ccc(-c3ccc(Cl)cc3)o2)C1=O. The topological polar surface area (TPSA) is 62.6 Å². The van der Waals surface area contributed by atoms with Crippen molar-refractivity contribution < 1.29 is 14.0 Å². The van der Waals surface area contributed by atoms with Crippen molar-refractivity contribution in [3.63, 3.8) is 0 Å². The monoisotopic (exact) mass is 330 g/mol. The maximum absolute atomic E-state index is 12.1. The molecule has 1 fully saturated rings. The van der Waals surface area contributed by atoms with Crippen LogP contribution in [0.5, 0.6) is 0 Å². The fraction of sp³-hybridized carbons (Fsp3) is 0.176. The summed E-state index contributed by atoms with van der Waals surface area (Å²) in [4.78, 5) is 25.1. The van der Waals surface area contributed by atoms with Gasteiger partial charge in [0, 0.05) is 23.2 Å². The Morgan fingerprint density at radius 3 is 2.61 bits per heavy atom. The molecule has 3 rings (SSSR count). The molecule has 23 heavy (non-hydrogen) atoms. The molecule has 0 bridgehead atoms. The van der Waals surface area contributed by atoms with Crippen LogP contribution >= 0.6 is 11.6 Å². The minimum Gasteiger partial charge on any atom is -0.457 e. The van der Waals surface area contributed by atoms with Crippen molar-refractivity contribution in [1.29, 1.82) is 0 Å². The molecular weight excluding hydrogens is 316 g/mol. The second kappa shape index (κ2) is 6.30. The van der Waals surface area contributed by atoms with Crippen LogP contribution in [0.1, 0.15) is 19.1 Å². The molecule has 0 spiro atoms. The van der Waals surface area contributed by atoms with Gasteiger partial charge in [0.15, 0.2) is 0 Å². The average molecular weight is 331 g/mol. The van der Waals surface area contributed by atoms with Gasteiger partial charge >= 0.3 is 6.03 Å². The first-order valence-electron chi connectivity index (χ1n) is 7.29. The summed E-state index contributed by atoms with van der Waals surface area (Å²) < 4.78 is 5.71. The van der Waals surface area contributed by atoms with E-state index in [0.29, 0.717) is 29.5 Å². The van der Waals surface area contributed by atoms with E-state index in [4.69, 9.17) is 16.0 Å². The zero-order valence-corrected chi connectivity index (χ0v) is 13.3. The number of carbonyl (C=O) groups excluding carboxylic acids is 2. The summed E-state index contributed by atoms with van der Waals surface area (Å²) in [7, 11) is 0. The van der Waals surface area contributed by atoms with E-state index in [1.807, 2.05) is 19.1 Å². The molecule has 1 saturated heterocycles. The Morgan fingerprint density at radius 2 is 1.91 bits per heavy atom. The number of urea groups is 1. The van der Waals surface area contributed by atoms with Gasteiger partial charge in [0.2, 0.25) is 0 Å². The van der Waals surface area contributed by atoms with Gasteiger partial charge in [-0.1, -0.05) is 18.5 Å². The van der Waals surface area contributed by atoms with Gasteiger partial charge in [-0.05, 0) is 42.8 Å². The van der Waals surface area contributed by atoms with E-state index in [-0.39, 0.29) is 11.6 Å². The molecule has 0 atom stereocenters. The lowest BCUT2D eigenvalue weighted by molar-refractivity contribution is -0.122. The molecule has 0 aliphatic carbocycles. The quantitative estimate of drug-likeness (QED) is 0.683. The smallest absolute Gasteiger partial charge is 0.329 e. The second-order valence-electron chi connectivity index (χ2n) is 5.15. The number of amides is 3. The predicted molar refractivity (Wildman–Crippen MR) is 87.7 cm³/mol. The van der Waals surface area contributed by atoms with Crippen LogP contribution in [0.4, 0.5) is 4.79 Å². The largest absolute Gasteiger partial charge is 0.457 e. The van der Waals surface area contributed by atoms with E-state index in [1.165, 1.54) is 11.0 Å². The summed E-state index contributed by atoms with van der Waals surface area (Å²) in [6.07, 6.45) is 2.25. The molecule has 5 nitrogen and oxygen atoms in total. The molecule has 0 saturated carbocycles. The average Bonchev–Trinajstić information content (AvgIpc) is 3.09. The van der Waals surface area contributed by atoms with Gasteiger partial charge in [-0.2, -0.15) is 0 Å². The van der Waals surface area contributed by atoms with Crippen molar-refractivity contribution in [2.75, 3.05) is 6.54 Å². The Hall–Kier alpha value is -2.53. The van der Waals surface area contributed by atoms with Crippen LogP contribution in [0.15, 0.2) is 46.5 Å². The number of carbonyl (C=O) groups is 2. The molecule has 118 valence electrons. The van der Waals surface area contributed by atoms with Crippen molar-refractivity contribution in [3.8, 4) is 11.3 Å². The number of nitrogens with zero attached hydrogens (tertiary/aromatic N) is 1. The number of halogens is 1. The third kappa shape index (κ3) is 3.14. The number of benzene rings is 1. The fourth-order valence-electron chi connectivity index (χ4n) is 2.34. The lowest BCUT2D eigenvalue weighted by Gasteiger charge is -2.08. The predicted octanol–water partition coefficient (Wildman–Crippen LogP) is 3.90. The lowest BCUT2D eigenvalue weighted by atomic mass is 10.2. The summed E-state index contributed by atoms with van der Waals surface area (Å²) in [5, 5.41) is 3.22. The highest BCUT2D eigenvalue weighted by Gasteiger charge is 2.32. The van der Waals surface area contributed by atoms with Crippen molar-refractivity contribution in [2.45, 2.75) is 13.3 Å². The Morgan fingerprint density at radius 1 is 1.17 bits per heavy atom. The van der Waals surface area contributed by atoms with Gasteiger partial charge in [0.1, 0.15) is 17.2 Å². The van der Waals surface area contributed by atoms with Crippen LogP contribution < -0.4 is 5.32 Å². The van der Waals surface area contributed by atoms with Gasteiger partial charge in [0.25, 0.3) is 5.91 Å². The van der Waals surface area contributed by atoms with Crippen molar-refractivity contribution >= 4 is 29.6 Å². The first kappa shape index (κ1) is 15.4. The zero-order valence-electron chi connectivity index (χ0n) is 12.5. The normalized spacial score (nSPS) is 16.3. The Kier molecular flexibility index (Phi) is 4.21. The van der Waals surface area contributed by atoms with E-state index in [0.717, 1.165) is 5.56 Å². The number of imide groups is 1. The second-order valence-corrected chi connectivity index (χ2v) is 5.59. The molecule has 2 heterocycles. The Balaban J connectivity index is 1.82. The summed E-state index contributed by atoms with van der Waals surface area (Å²) in [5.74, 6) is 0.828.